The average Bonchev–Trinajstić information content (AvgIpc) is 2.56. The number of aliphatic hydroxyl groups is 1. The van der Waals surface area contributed by atoms with Crippen LogP contribution in [-0.2, 0) is 11.8 Å². The molecular formula is C18H16ClF4NO2. The van der Waals surface area contributed by atoms with Crippen molar-refractivity contribution < 1.29 is 27.4 Å². The molecule has 2 aromatic rings. The van der Waals surface area contributed by atoms with Gasteiger partial charge >= 0.3 is 6.18 Å². The number of hydrogen-bond acceptors (Lipinski definition) is 3. The topological polar surface area (TPSA) is 42.4 Å². The molecular weight excluding hydrogens is 374 g/mol. The largest absolute Gasteiger partial charge is 0.490 e. The van der Waals surface area contributed by atoms with Crippen molar-refractivity contribution in [3.8, 4) is 5.75 Å². The molecule has 0 atom stereocenters. The fourth-order valence-corrected chi connectivity index (χ4v) is 3.45. The first kappa shape index (κ1) is 18.9. The summed E-state index contributed by atoms with van der Waals surface area (Å²) in [6.07, 6.45) is -2.71. The summed E-state index contributed by atoms with van der Waals surface area (Å²) in [5, 5.41) is 10.1. The summed E-state index contributed by atoms with van der Waals surface area (Å²) >= 11 is 5.59. The Bertz CT molecular complexity index is 772. The molecule has 0 aliphatic heterocycles. The van der Waals surface area contributed by atoms with Gasteiger partial charge in [0, 0.05) is 6.20 Å². The van der Waals surface area contributed by atoms with E-state index >= 15 is 0 Å². The monoisotopic (exact) mass is 389 g/mol. The second-order valence-electron chi connectivity index (χ2n) is 6.33. The number of benzene rings is 1. The summed E-state index contributed by atoms with van der Waals surface area (Å²) in [5.74, 6) is -0.765. The minimum atomic E-state index is -4.68. The van der Waals surface area contributed by atoms with Crippen LogP contribution in [0.3, 0.4) is 0 Å². The molecule has 3 nitrogen and oxygen atoms in total. The van der Waals surface area contributed by atoms with E-state index < -0.39 is 34.4 Å². The number of rotatable bonds is 3. The number of alkyl halides is 3. The number of ether oxygens (including phenoxy) is 1. The number of nitrogens with zero attached hydrogens (tertiary/aromatic N) is 1. The summed E-state index contributed by atoms with van der Waals surface area (Å²) < 4.78 is 58.1. The van der Waals surface area contributed by atoms with Crippen LogP contribution in [-0.4, -0.2) is 16.2 Å². The summed E-state index contributed by atoms with van der Waals surface area (Å²) in [4.78, 5) is 3.46. The van der Waals surface area contributed by atoms with Crippen LogP contribution in [0.2, 0.25) is 5.15 Å². The third-order valence-corrected chi connectivity index (χ3v) is 4.87. The minimum Gasteiger partial charge on any atom is -0.490 e. The Balaban J connectivity index is 1.72. The maximum Gasteiger partial charge on any atom is 0.422 e. The minimum absolute atomic E-state index is 0.295. The Hall–Kier alpha value is -1.86. The fourth-order valence-electron chi connectivity index (χ4n) is 3.19. The summed E-state index contributed by atoms with van der Waals surface area (Å²) in [7, 11) is 0. The first-order valence-electron chi connectivity index (χ1n) is 8.06. The standard InChI is InChI=1S/C18H16ClF4NO2/c19-16-15(18(21,22)23)14(7-10-24-16)26-13-5-8-17(25,9-6-13)11-1-3-12(20)4-2-11/h1-4,7,10,13,25H,5-6,8-9H2/t13-,17-. The van der Waals surface area contributed by atoms with Crippen LogP contribution in [0.15, 0.2) is 36.5 Å². The first-order chi connectivity index (χ1) is 12.2. The maximum absolute atomic E-state index is 13.2. The zero-order valence-electron chi connectivity index (χ0n) is 13.6. The highest BCUT2D eigenvalue weighted by Gasteiger charge is 2.40. The summed E-state index contributed by atoms with van der Waals surface area (Å²) in [5.41, 5.74) is -1.66. The van der Waals surface area contributed by atoms with Gasteiger partial charge in [-0.1, -0.05) is 23.7 Å². The molecule has 1 heterocycles. The molecule has 0 saturated heterocycles. The Labute approximate surface area is 152 Å². The highest BCUT2D eigenvalue weighted by atomic mass is 35.5. The molecule has 0 unspecified atom stereocenters. The van der Waals surface area contributed by atoms with E-state index in [1.165, 1.54) is 24.3 Å². The van der Waals surface area contributed by atoms with E-state index in [9.17, 15) is 22.7 Å². The van der Waals surface area contributed by atoms with Crippen molar-refractivity contribution >= 4 is 11.6 Å². The van der Waals surface area contributed by atoms with Crippen molar-refractivity contribution in [2.24, 2.45) is 0 Å². The molecule has 1 aliphatic rings. The van der Waals surface area contributed by atoms with E-state index in [4.69, 9.17) is 16.3 Å². The van der Waals surface area contributed by atoms with E-state index in [0.717, 1.165) is 12.3 Å². The van der Waals surface area contributed by atoms with Gasteiger partial charge in [0.2, 0.25) is 0 Å². The number of halogens is 5. The van der Waals surface area contributed by atoms with Crippen molar-refractivity contribution in [3.63, 3.8) is 0 Å². The Morgan fingerprint density at radius 1 is 1.12 bits per heavy atom. The zero-order valence-corrected chi connectivity index (χ0v) is 14.3. The van der Waals surface area contributed by atoms with Gasteiger partial charge < -0.3 is 9.84 Å². The van der Waals surface area contributed by atoms with Crippen molar-refractivity contribution in [2.45, 2.75) is 43.6 Å². The quantitative estimate of drug-likeness (QED) is 0.586. The lowest BCUT2D eigenvalue weighted by molar-refractivity contribution is -0.139. The molecule has 1 saturated carbocycles. The van der Waals surface area contributed by atoms with Gasteiger partial charge in [-0.05, 0) is 49.4 Å². The molecule has 140 valence electrons. The molecule has 1 aromatic carbocycles. The summed E-state index contributed by atoms with van der Waals surface area (Å²) in [6, 6.07) is 6.70. The SMILES string of the molecule is O[C@]1(c2ccc(F)cc2)CC[C@@H](Oc2ccnc(Cl)c2C(F)(F)F)CC1. The van der Waals surface area contributed by atoms with E-state index in [0.29, 0.717) is 31.2 Å². The van der Waals surface area contributed by atoms with Crippen LogP contribution in [0.5, 0.6) is 5.75 Å². The predicted molar refractivity (Wildman–Crippen MR) is 87.4 cm³/mol. The van der Waals surface area contributed by atoms with Gasteiger partial charge in [-0.2, -0.15) is 13.2 Å². The average molecular weight is 390 g/mol. The van der Waals surface area contributed by atoms with Crippen molar-refractivity contribution in [1.29, 1.82) is 0 Å². The molecule has 0 spiro atoms. The van der Waals surface area contributed by atoms with E-state index in [1.54, 1.807) is 0 Å². The van der Waals surface area contributed by atoms with E-state index in [-0.39, 0.29) is 5.75 Å². The van der Waals surface area contributed by atoms with Crippen molar-refractivity contribution in [1.82, 2.24) is 4.98 Å². The van der Waals surface area contributed by atoms with Crippen molar-refractivity contribution in [3.05, 3.63) is 58.6 Å². The fraction of sp³-hybridized carbons (Fsp3) is 0.389. The van der Waals surface area contributed by atoms with Gasteiger partial charge in [0.15, 0.2) is 0 Å². The number of hydrogen-bond donors (Lipinski definition) is 1. The number of aromatic nitrogens is 1. The molecule has 1 fully saturated rings. The second kappa shape index (κ2) is 7.04. The van der Waals surface area contributed by atoms with Gasteiger partial charge in [0.25, 0.3) is 0 Å². The van der Waals surface area contributed by atoms with Gasteiger partial charge in [0.05, 0.1) is 11.7 Å². The highest BCUT2D eigenvalue weighted by Crippen LogP contribution is 2.43. The van der Waals surface area contributed by atoms with Crippen LogP contribution >= 0.6 is 11.6 Å². The molecule has 3 rings (SSSR count). The van der Waals surface area contributed by atoms with E-state index in [2.05, 4.69) is 4.98 Å². The second-order valence-corrected chi connectivity index (χ2v) is 6.69. The molecule has 1 N–H and O–H groups in total. The van der Waals surface area contributed by atoms with Crippen LogP contribution in [0.4, 0.5) is 17.6 Å². The number of pyridine rings is 1. The molecule has 0 radical (unpaired) electrons. The van der Waals surface area contributed by atoms with Crippen LogP contribution in [0.1, 0.15) is 36.8 Å². The molecule has 1 aliphatic carbocycles. The van der Waals surface area contributed by atoms with E-state index in [1.807, 2.05) is 0 Å². The molecule has 8 heteroatoms. The summed E-state index contributed by atoms with van der Waals surface area (Å²) in [6.45, 7) is 0. The first-order valence-corrected chi connectivity index (χ1v) is 8.44. The van der Waals surface area contributed by atoms with Crippen LogP contribution in [0, 0.1) is 5.82 Å². The maximum atomic E-state index is 13.2. The Kier molecular flexibility index (Phi) is 5.12. The van der Waals surface area contributed by atoms with Gasteiger partial charge in [-0.25, -0.2) is 9.37 Å². The predicted octanol–water partition coefficient (Wildman–Crippen LogP) is 5.10. The van der Waals surface area contributed by atoms with Crippen molar-refractivity contribution in [2.75, 3.05) is 0 Å². The molecule has 0 amide bonds. The lowest BCUT2D eigenvalue weighted by atomic mass is 9.78. The van der Waals surface area contributed by atoms with Gasteiger partial charge in [-0.3, -0.25) is 0 Å². The highest BCUT2D eigenvalue weighted by molar-refractivity contribution is 6.30. The smallest absolute Gasteiger partial charge is 0.422 e. The molecule has 26 heavy (non-hydrogen) atoms. The normalized spacial score (nSPS) is 23.7. The lowest BCUT2D eigenvalue weighted by Gasteiger charge is -2.36. The zero-order chi connectivity index (χ0) is 18.9. The van der Waals surface area contributed by atoms with Crippen LogP contribution < -0.4 is 4.74 Å². The Morgan fingerprint density at radius 3 is 2.31 bits per heavy atom. The van der Waals surface area contributed by atoms with Gasteiger partial charge in [0.1, 0.15) is 22.3 Å². The molecule has 0 bridgehead atoms. The van der Waals surface area contributed by atoms with Gasteiger partial charge in [-0.15, -0.1) is 0 Å². The third-order valence-electron chi connectivity index (χ3n) is 4.58. The van der Waals surface area contributed by atoms with Crippen LogP contribution in [0.25, 0.3) is 0 Å². The lowest BCUT2D eigenvalue weighted by Crippen LogP contribution is -2.35. The Morgan fingerprint density at radius 2 is 1.73 bits per heavy atom. The molecule has 1 aromatic heterocycles. The third kappa shape index (κ3) is 3.94.